The maximum atomic E-state index is 13.3. The van der Waals surface area contributed by atoms with Crippen molar-refractivity contribution in [1.29, 1.82) is 0 Å². The van der Waals surface area contributed by atoms with Gasteiger partial charge in [0.15, 0.2) is 17.9 Å². The van der Waals surface area contributed by atoms with Crippen LogP contribution in [0.15, 0.2) is 11.0 Å². The molecule has 17 heavy (non-hydrogen) atoms. The monoisotopic (exact) mass is 307 g/mol. The number of alkyl halides is 1. The van der Waals surface area contributed by atoms with E-state index in [2.05, 4.69) is 20.9 Å². The molecule has 1 fully saturated rings. The lowest BCUT2D eigenvalue weighted by Crippen LogP contribution is -2.33. The zero-order valence-corrected chi connectivity index (χ0v) is 10.5. The van der Waals surface area contributed by atoms with Gasteiger partial charge in [-0.25, -0.2) is 9.18 Å². The van der Waals surface area contributed by atoms with Gasteiger partial charge in [-0.05, 0) is 6.92 Å². The summed E-state index contributed by atoms with van der Waals surface area (Å²) in [5.74, 6) is -1.26. The first-order valence-corrected chi connectivity index (χ1v) is 5.85. The van der Waals surface area contributed by atoms with Crippen LogP contribution in [-0.2, 0) is 4.74 Å². The van der Waals surface area contributed by atoms with E-state index in [4.69, 9.17) is 10.5 Å². The first-order valence-electron chi connectivity index (χ1n) is 4.93. The van der Waals surface area contributed by atoms with Crippen molar-refractivity contribution in [2.24, 2.45) is 0 Å². The average Bonchev–Trinajstić information content (AvgIpc) is 2.51. The number of aliphatic hydroxyl groups excluding tert-OH is 1. The van der Waals surface area contributed by atoms with Crippen molar-refractivity contribution in [3.8, 4) is 0 Å². The molecular formula is C9H11BrFN3O3. The number of aliphatic hydroxyl groups is 1. The maximum absolute atomic E-state index is 13.3. The van der Waals surface area contributed by atoms with Crippen LogP contribution >= 0.6 is 15.9 Å². The van der Waals surface area contributed by atoms with Crippen molar-refractivity contribution in [1.82, 2.24) is 9.55 Å². The number of aromatic nitrogens is 2. The zero-order valence-electron chi connectivity index (χ0n) is 8.88. The lowest BCUT2D eigenvalue weighted by molar-refractivity contribution is -0.00988. The number of nitrogen functional groups attached to an aromatic ring is 1. The molecule has 0 aliphatic carbocycles. The van der Waals surface area contributed by atoms with Crippen LogP contribution in [0.25, 0.3) is 0 Å². The predicted molar refractivity (Wildman–Crippen MR) is 61.2 cm³/mol. The van der Waals surface area contributed by atoms with E-state index in [1.165, 1.54) is 0 Å². The van der Waals surface area contributed by atoms with Crippen molar-refractivity contribution in [3.63, 3.8) is 0 Å². The summed E-state index contributed by atoms with van der Waals surface area (Å²) >= 11 is 3.21. The lowest BCUT2D eigenvalue weighted by Gasteiger charge is -2.16. The van der Waals surface area contributed by atoms with Gasteiger partial charge < -0.3 is 15.6 Å². The van der Waals surface area contributed by atoms with Crippen LogP contribution in [0.5, 0.6) is 0 Å². The Hall–Kier alpha value is -0.990. The highest BCUT2D eigenvalue weighted by Gasteiger charge is 2.41. The number of anilines is 1. The number of nitrogens with two attached hydrogens (primary N) is 1. The summed E-state index contributed by atoms with van der Waals surface area (Å²) in [5, 5.41) is 9.69. The molecule has 2 rings (SSSR count). The van der Waals surface area contributed by atoms with Crippen molar-refractivity contribution in [3.05, 3.63) is 22.5 Å². The Labute approximate surface area is 104 Å². The molecule has 94 valence electrons. The molecule has 1 saturated heterocycles. The van der Waals surface area contributed by atoms with Crippen molar-refractivity contribution in [2.75, 3.05) is 5.73 Å². The second kappa shape index (κ2) is 4.35. The summed E-state index contributed by atoms with van der Waals surface area (Å²) in [5.41, 5.74) is 4.45. The van der Waals surface area contributed by atoms with Crippen LogP contribution in [-0.4, -0.2) is 31.7 Å². The second-order valence-electron chi connectivity index (χ2n) is 3.83. The first kappa shape index (κ1) is 12.5. The number of nitrogens with zero attached hydrogens (tertiary/aromatic N) is 2. The number of hydrogen-bond donors (Lipinski definition) is 2. The fourth-order valence-corrected chi connectivity index (χ4v) is 2.47. The first-order chi connectivity index (χ1) is 7.91. The molecule has 0 radical (unpaired) electrons. The Morgan fingerprint density at radius 2 is 2.35 bits per heavy atom. The van der Waals surface area contributed by atoms with Crippen LogP contribution in [0.4, 0.5) is 10.2 Å². The van der Waals surface area contributed by atoms with Crippen LogP contribution in [0.2, 0.25) is 0 Å². The van der Waals surface area contributed by atoms with Crippen LogP contribution in [0.1, 0.15) is 13.2 Å². The highest BCUT2D eigenvalue weighted by molar-refractivity contribution is 9.09. The molecule has 0 unspecified atom stereocenters. The molecule has 2 heterocycles. The van der Waals surface area contributed by atoms with Crippen LogP contribution in [0, 0.1) is 5.82 Å². The fourth-order valence-electron chi connectivity index (χ4n) is 1.66. The largest absolute Gasteiger partial charge is 0.389 e. The predicted octanol–water partition coefficient (Wildman–Crippen LogP) is 0.00630. The summed E-state index contributed by atoms with van der Waals surface area (Å²) in [4.78, 5) is 14.4. The molecule has 3 N–H and O–H groups in total. The highest BCUT2D eigenvalue weighted by Crippen LogP contribution is 2.33. The van der Waals surface area contributed by atoms with Gasteiger partial charge >= 0.3 is 5.69 Å². The topological polar surface area (TPSA) is 90.4 Å². The van der Waals surface area contributed by atoms with Gasteiger partial charge in [0.05, 0.1) is 23.2 Å². The summed E-state index contributed by atoms with van der Waals surface area (Å²) in [6, 6.07) is 0. The van der Waals surface area contributed by atoms with E-state index in [1.54, 1.807) is 6.92 Å². The smallest absolute Gasteiger partial charge is 0.351 e. The summed E-state index contributed by atoms with van der Waals surface area (Å²) in [6.07, 6.45) is -1.13. The molecule has 1 aliphatic heterocycles. The molecule has 0 spiro atoms. The zero-order chi connectivity index (χ0) is 12.7. The van der Waals surface area contributed by atoms with Crippen molar-refractivity contribution >= 4 is 21.7 Å². The fraction of sp³-hybridized carbons (Fsp3) is 0.556. The van der Waals surface area contributed by atoms with E-state index < -0.39 is 40.6 Å². The Morgan fingerprint density at radius 1 is 1.71 bits per heavy atom. The minimum absolute atomic E-state index is 0.455. The molecule has 8 heteroatoms. The Morgan fingerprint density at radius 3 is 2.88 bits per heavy atom. The molecule has 4 atom stereocenters. The van der Waals surface area contributed by atoms with Crippen molar-refractivity contribution in [2.45, 2.75) is 30.2 Å². The molecule has 0 amide bonds. The van der Waals surface area contributed by atoms with E-state index in [9.17, 15) is 14.3 Å². The molecular weight excluding hydrogens is 297 g/mol. The average molecular weight is 308 g/mol. The van der Waals surface area contributed by atoms with Gasteiger partial charge in [0, 0.05) is 0 Å². The standard InChI is InChI=1S/C9H11BrFN3O3/c1-3-6(15)5(10)8(17-3)14-2-4(11)7(12)13-9(14)16/h2-3,5-6,8,15H,1H3,(H2,12,13,16)/t3-,5-,6-,8-/m1/s1. The molecule has 0 aromatic carbocycles. The van der Waals surface area contributed by atoms with E-state index in [0.717, 1.165) is 10.8 Å². The number of halogens is 2. The Bertz CT molecular complexity index is 495. The van der Waals surface area contributed by atoms with E-state index in [-0.39, 0.29) is 0 Å². The normalized spacial score (nSPS) is 32.9. The van der Waals surface area contributed by atoms with Gasteiger partial charge in [0.2, 0.25) is 0 Å². The van der Waals surface area contributed by atoms with Crippen LogP contribution < -0.4 is 11.4 Å². The minimum Gasteiger partial charge on any atom is -0.389 e. The Kier molecular flexibility index (Phi) is 3.19. The SMILES string of the molecule is C[C@H]1O[C@@H](n2cc(F)c(N)nc2=O)[C@H](Br)[C@@H]1O. The number of hydrogen-bond acceptors (Lipinski definition) is 5. The number of ether oxygens (including phenoxy) is 1. The van der Waals surface area contributed by atoms with Gasteiger partial charge in [-0.1, -0.05) is 15.9 Å². The van der Waals surface area contributed by atoms with Gasteiger partial charge in [-0.15, -0.1) is 0 Å². The quantitative estimate of drug-likeness (QED) is 0.713. The number of rotatable bonds is 1. The molecule has 0 saturated carbocycles. The third-order valence-electron chi connectivity index (χ3n) is 2.64. The van der Waals surface area contributed by atoms with Gasteiger partial charge in [-0.2, -0.15) is 4.98 Å². The van der Waals surface area contributed by atoms with Gasteiger partial charge in [0.25, 0.3) is 0 Å². The molecule has 0 bridgehead atoms. The lowest BCUT2D eigenvalue weighted by atomic mass is 10.2. The van der Waals surface area contributed by atoms with Gasteiger partial charge in [-0.3, -0.25) is 4.57 Å². The molecule has 1 aromatic heterocycles. The van der Waals surface area contributed by atoms with Crippen molar-refractivity contribution < 1.29 is 14.2 Å². The molecule has 1 aliphatic rings. The highest BCUT2D eigenvalue weighted by atomic mass is 79.9. The van der Waals surface area contributed by atoms with E-state index >= 15 is 0 Å². The minimum atomic E-state index is -0.810. The third kappa shape index (κ3) is 2.07. The van der Waals surface area contributed by atoms with Crippen LogP contribution in [0.3, 0.4) is 0 Å². The summed E-state index contributed by atoms with van der Waals surface area (Å²) in [7, 11) is 0. The molecule has 6 nitrogen and oxygen atoms in total. The Balaban J connectivity index is 2.42. The second-order valence-corrected chi connectivity index (χ2v) is 4.89. The summed E-state index contributed by atoms with van der Waals surface area (Å²) in [6.45, 7) is 1.66. The molecule has 1 aromatic rings. The van der Waals surface area contributed by atoms with Gasteiger partial charge in [0.1, 0.15) is 0 Å². The van der Waals surface area contributed by atoms with E-state index in [1.807, 2.05) is 0 Å². The summed E-state index contributed by atoms with van der Waals surface area (Å²) < 4.78 is 19.6. The third-order valence-corrected chi connectivity index (χ3v) is 3.64. The van der Waals surface area contributed by atoms with E-state index in [0.29, 0.717) is 0 Å². The maximum Gasteiger partial charge on any atom is 0.351 e.